The first-order valence-electron chi connectivity index (χ1n) is 7.79. The van der Waals surface area contributed by atoms with Gasteiger partial charge in [-0.25, -0.2) is 8.42 Å². The van der Waals surface area contributed by atoms with E-state index in [9.17, 15) is 22.8 Å². The molecule has 0 spiro atoms. The summed E-state index contributed by atoms with van der Waals surface area (Å²) >= 11 is 0. The maximum Gasteiger partial charge on any atom is 0.321 e. The van der Waals surface area contributed by atoms with Gasteiger partial charge in [0, 0.05) is 11.6 Å². The van der Waals surface area contributed by atoms with E-state index in [0.717, 1.165) is 12.8 Å². The molecule has 8 nitrogen and oxygen atoms in total. The van der Waals surface area contributed by atoms with Crippen LogP contribution in [0.4, 0.5) is 0 Å². The summed E-state index contributed by atoms with van der Waals surface area (Å²) in [6.07, 6.45) is 0.830. The summed E-state index contributed by atoms with van der Waals surface area (Å²) in [6.45, 7) is 2.20. The van der Waals surface area contributed by atoms with Crippen molar-refractivity contribution < 1.29 is 27.5 Å². The standard InChI is InChI=1S/C16H20N2O6S/c1-10(19)12-3-7-14(8-4-12)25(22,23)17-9-15(20)24-11(2)16(21)18-13-5-6-13/h3-4,7-8,11,13,17H,5-6,9H2,1-2H3,(H,18,21). The number of carbonyl (C=O) groups is 3. The highest BCUT2D eigenvalue weighted by atomic mass is 32.2. The molecular formula is C16H20N2O6S. The van der Waals surface area contributed by atoms with Crippen LogP contribution in [0, 0.1) is 0 Å². The van der Waals surface area contributed by atoms with Crippen molar-refractivity contribution in [2.75, 3.05) is 6.54 Å². The van der Waals surface area contributed by atoms with Crippen molar-refractivity contribution >= 4 is 27.7 Å². The van der Waals surface area contributed by atoms with Crippen LogP contribution < -0.4 is 10.0 Å². The molecule has 1 amide bonds. The fraction of sp³-hybridized carbons (Fsp3) is 0.438. The third-order valence-electron chi connectivity index (χ3n) is 3.58. The summed E-state index contributed by atoms with van der Waals surface area (Å²) < 4.78 is 31.2. The lowest BCUT2D eigenvalue weighted by Gasteiger charge is -2.13. The molecule has 1 aliphatic carbocycles. The number of nitrogens with one attached hydrogen (secondary N) is 2. The minimum Gasteiger partial charge on any atom is -0.452 e. The number of rotatable bonds is 8. The van der Waals surface area contributed by atoms with Crippen LogP contribution >= 0.6 is 0 Å². The maximum atomic E-state index is 12.1. The zero-order chi connectivity index (χ0) is 18.6. The molecule has 9 heteroatoms. The molecule has 1 aromatic carbocycles. The second-order valence-electron chi connectivity index (χ2n) is 5.82. The summed E-state index contributed by atoms with van der Waals surface area (Å²) in [7, 11) is -3.93. The fourth-order valence-electron chi connectivity index (χ4n) is 1.94. The number of hydrogen-bond acceptors (Lipinski definition) is 6. The molecule has 1 aromatic rings. The van der Waals surface area contributed by atoms with E-state index in [-0.39, 0.29) is 16.7 Å². The van der Waals surface area contributed by atoms with Gasteiger partial charge in [-0.05, 0) is 38.8 Å². The molecule has 2 N–H and O–H groups in total. The largest absolute Gasteiger partial charge is 0.452 e. The van der Waals surface area contributed by atoms with Crippen LogP contribution in [0.2, 0.25) is 0 Å². The van der Waals surface area contributed by atoms with Crippen LogP contribution in [0.25, 0.3) is 0 Å². The topological polar surface area (TPSA) is 119 Å². The molecule has 0 aliphatic heterocycles. The summed E-state index contributed by atoms with van der Waals surface area (Å²) in [5.41, 5.74) is 0.383. The number of amides is 1. The minimum absolute atomic E-state index is 0.0789. The highest BCUT2D eigenvalue weighted by Gasteiger charge is 2.27. The Kier molecular flexibility index (Phi) is 5.91. The number of sulfonamides is 1. The van der Waals surface area contributed by atoms with Crippen LogP contribution in [0.5, 0.6) is 0 Å². The highest BCUT2D eigenvalue weighted by Crippen LogP contribution is 2.18. The minimum atomic E-state index is -3.93. The number of benzene rings is 1. The highest BCUT2D eigenvalue weighted by molar-refractivity contribution is 7.89. The maximum absolute atomic E-state index is 12.1. The van der Waals surface area contributed by atoms with Gasteiger partial charge in [0.05, 0.1) is 4.90 Å². The van der Waals surface area contributed by atoms with E-state index in [1.807, 2.05) is 0 Å². The first-order valence-corrected chi connectivity index (χ1v) is 9.28. The molecule has 136 valence electrons. The zero-order valence-electron chi connectivity index (χ0n) is 13.9. The molecule has 1 aliphatic rings. The van der Waals surface area contributed by atoms with Gasteiger partial charge in [0.2, 0.25) is 10.0 Å². The van der Waals surface area contributed by atoms with Crippen molar-refractivity contribution in [3.63, 3.8) is 0 Å². The number of hydrogen-bond donors (Lipinski definition) is 2. The second-order valence-corrected chi connectivity index (χ2v) is 7.59. The van der Waals surface area contributed by atoms with Gasteiger partial charge < -0.3 is 10.1 Å². The fourth-order valence-corrected chi connectivity index (χ4v) is 2.91. The molecule has 25 heavy (non-hydrogen) atoms. The van der Waals surface area contributed by atoms with Gasteiger partial charge in [0.15, 0.2) is 11.9 Å². The molecule has 0 aromatic heterocycles. The van der Waals surface area contributed by atoms with E-state index in [1.165, 1.54) is 38.1 Å². The zero-order valence-corrected chi connectivity index (χ0v) is 14.8. The Morgan fingerprint density at radius 1 is 1.20 bits per heavy atom. The third-order valence-corrected chi connectivity index (χ3v) is 5.00. The molecule has 1 saturated carbocycles. The molecule has 0 bridgehead atoms. The first-order chi connectivity index (χ1) is 11.7. The molecule has 1 fully saturated rings. The predicted octanol–water partition coefficient (Wildman–Crippen LogP) is 0.378. The number of Topliss-reactive ketones (excluding diaryl/α,β-unsaturated/α-hetero) is 1. The van der Waals surface area contributed by atoms with Crippen molar-refractivity contribution in [2.24, 2.45) is 0 Å². The van der Waals surface area contributed by atoms with E-state index >= 15 is 0 Å². The summed E-state index contributed by atoms with van der Waals surface area (Å²) in [5.74, 6) is -1.44. The van der Waals surface area contributed by atoms with E-state index < -0.39 is 34.5 Å². The second kappa shape index (κ2) is 7.75. The molecule has 1 unspecified atom stereocenters. The lowest BCUT2D eigenvalue weighted by Crippen LogP contribution is -2.39. The van der Waals surface area contributed by atoms with Crippen molar-refractivity contribution in [3.8, 4) is 0 Å². The number of carbonyl (C=O) groups excluding carboxylic acids is 3. The Bertz CT molecular complexity index is 768. The third kappa shape index (κ3) is 5.64. The molecule has 1 atom stereocenters. The van der Waals surface area contributed by atoms with Gasteiger partial charge in [-0.3, -0.25) is 14.4 Å². The summed E-state index contributed by atoms with van der Waals surface area (Å²) in [6, 6.07) is 5.47. The normalized spacial score (nSPS) is 15.3. The molecule has 0 radical (unpaired) electrons. The first kappa shape index (κ1) is 19.1. The molecular weight excluding hydrogens is 348 g/mol. The Hall–Kier alpha value is -2.26. The summed E-state index contributed by atoms with van der Waals surface area (Å²) in [4.78, 5) is 34.5. The van der Waals surface area contributed by atoms with Gasteiger partial charge >= 0.3 is 5.97 Å². The monoisotopic (exact) mass is 368 g/mol. The van der Waals surface area contributed by atoms with E-state index in [4.69, 9.17) is 4.74 Å². The average molecular weight is 368 g/mol. The van der Waals surface area contributed by atoms with Crippen LogP contribution in [-0.4, -0.2) is 44.8 Å². The van der Waals surface area contributed by atoms with Crippen LogP contribution in [-0.2, 0) is 24.3 Å². The smallest absolute Gasteiger partial charge is 0.321 e. The Morgan fingerprint density at radius 2 is 1.80 bits per heavy atom. The summed E-state index contributed by atoms with van der Waals surface area (Å²) in [5, 5.41) is 2.69. The Labute approximate surface area is 146 Å². The lowest BCUT2D eigenvalue weighted by atomic mass is 10.2. The quantitative estimate of drug-likeness (QED) is 0.506. The van der Waals surface area contributed by atoms with Gasteiger partial charge in [0.25, 0.3) is 5.91 Å². The molecule has 0 saturated heterocycles. The molecule has 0 heterocycles. The van der Waals surface area contributed by atoms with Gasteiger partial charge in [-0.2, -0.15) is 4.72 Å². The number of esters is 1. The van der Waals surface area contributed by atoms with Gasteiger partial charge in [-0.15, -0.1) is 0 Å². The van der Waals surface area contributed by atoms with Crippen LogP contribution in [0.15, 0.2) is 29.2 Å². The van der Waals surface area contributed by atoms with Crippen molar-refractivity contribution in [1.82, 2.24) is 10.0 Å². The van der Waals surface area contributed by atoms with Crippen LogP contribution in [0.3, 0.4) is 0 Å². The van der Waals surface area contributed by atoms with Crippen LogP contribution in [0.1, 0.15) is 37.0 Å². The van der Waals surface area contributed by atoms with E-state index in [0.29, 0.717) is 5.56 Å². The van der Waals surface area contributed by atoms with E-state index in [1.54, 1.807) is 0 Å². The number of ether oxygens (including phenoxy) is 1. The van der Waals surface area contributed by atoms with Gasteiger partial charge in [-0.1, -0.05) is 12.1 Å². The predicted molar refractivity (Wildman–Crippen MR) is 88.4 cm³/mol. The van der Waals surface area contributed by atoms with E-state index in [2.05, 4.69) is 10.0 Å². The van der Waals surface area contributed by atoms with Crippen molar-refractivity contribution in [3.05, 3.63) is 29.8 Å². The molecule has 2 rings (SSSR count). The Morgan fingerprint density at radius 3 is 2.32 bits per heavy atom. The number of ketones is 1. The van der Waals surface area contributed by atoms with Crippen molar-refractivity contribution in [2.45, 2.75) is 43.7 Å². The van der Waals surface area contributed by atoms with Gasteiger partial charge in [0.1, 0.15) is 6.54 Å². The average Bonchev–Trinajstić information content (AvgIpc) is 3.37. The Balaban J connectivity index is 1.86. The van der Waals surface area contributed by atoms with Crippen molar-refractivity contribution in [1.29, 1.82) is 0 Å². The SMILES string of the molecule is CC(=O)c1ccc(S(=O)(=O)NCC(=O)OC(C)C(=O)NC2CC2)cc1. The lowest BCUT2D eigenvalue weighted by molar-refractivity contribution is -0.153.